The van der Waals surface area contributed by atoms with E-state index in [4.69, 9.17) is 21.1 Å². The van der Waals surface area contributed by atoms with Crippen LogP contribution in [0.1, 0.15) is 108 Å². The van der Waals surface area contributed by atoms with Crippen molar-refractivity contribution in [1.29, 1.82) is 0 Å². The Kier molecular flexibility index (Phi) is 10.9. The first-order chi connectivity index (χ1) is 26.9. The predicted octanol–water partition coefficient (Wildman–Crippen LogP) is 8.98. The number of alkyl halides is 2. The number of amides is 3. The third-order valence-corrected chi connectivity index (χ3v) is 11.0. The normalized spacial score (nSPS) is 19.9. The lowest BCUT2D eigenvalue weighted by Crippen LogP contribution is -2.47. The second-order valence-corrected chi connectivity index (χ2v) is 18.3. The molecule has 0 bridgehead atoms. The van der Waals surface area contributed by atoms with Gasteiger partial charge in [0, 0.05) is 29.3 Å². The molecule has 7 rings (SSSR count). The monoisotopic (exact) mass is 822 g/mol. The van der Waals surface area contributed by atoms with Crippen molar-refractivity contribution < 1.29 is 32.6 Å². The van der Waals surface area contributed by atoms with Crippen LogP contribution >= 0.6 is 22.9 Å². The molecule has 302 valence electrons. The van der Waals surface area contributed by atoms with Crippen molar-refractivity contribution in [3.05, 3.63) is 76.0 Å². The van der Waals surface area contributed by atoms with Crippen molar-refractivity contribution in [2.24, 2.45) is 10.4 Å². The Hall–Kier alpha value is -4.96. The molecule has 2 aliphatic carbocycles. The minimum absolute atomic E-state index is 0.0163. The van der Waals surface area contributed by atoms with Gasteiger partial charge in [-0.1, -0.05) is 74.0 Å². The quantitative estimate of drug-likeness (QED) is 0.151. The number of aromatic nitrogens is 4. The van der Waals surface area contributed by atoms with E-state index in [1.165, 1.54) is 28.6 Å². The van der Waals surface area contributed by atoms with Gasteiger partial charge in [0.25, 0.3) is 5.91 Å². The third kappa shape index (κ3) is 9.27. The summed E-state index contributed by atoms with van der Waals surface area (Å²) in [6.07, 6.45) is 5.02. The van der Waals surface area contributed by atoms with Crippen molar-refractivity contribution in [3.8, 4) is 21.7 Å². The Morgan fingerprint density at radius 3 is 2.39 bits per heavy atom. The maximum absolute atomic E-state index is 15.5. The van der Waals surface area contributed by atoms with Crippen molar-refractivity contribution in [3.63, 3.8) is 0 Å². The fourth-order valence-electron chi connectivity index (χ4n) is 6.77. The van der Waals surface area contributed by atoms with Crippen LogP contribution in [0.25, 0.3) is 21.7 Å². The van der Waals surface area contributed by atoms with E-state index in [-0.39, 0.29) is 25.0 Å². The van der Waals surface area contributed by atoms with E-state index in [0.29, 0.717) is 48.4 Å². The number of guanidine groups is 1. The molecular formula is C40H45ClF2N8O5S. The molecule has 13 nitrogen and oxygen atoms in total. The molecule has 4 aromatic rings. The smallest absolute Gasteiger partial charge is 0.437 e. The first-order valence-electron chi connectivity index (χ1n) is 18.8. The molecule has 2 N–H and O–H groups in total. The maximum Gasteiger partial charge on any atom is 0.437 e. The largest absolute Gasteiger partial charge is 0.447 e. The zero-order chi connectivity index (χ0) is 40.9. The molecule has 2 aromatic heterocycles. The van der Waals surface area contributed by atoms with Crippen molar-refractivity contribution >= 4 is 47.0 Å². The lowest BCUT2D eigenvalue weighted by Gasteiger charge is -2.35. The van der Waals surface area contributed by atoms with Gasteiger partial charge in [0.1, 0.15) is 27.8 Å². The van der Waals surface area contributed by atoms with Gasteiger partial charge in [-0.25, -0.2) is 14.3 Å². The highest BCUT2D eigenvalue weighted by Crippen LogP contribution is 2.46. The topological polar surface area (TPSA) is 153 Å². The van der Waals surface area contributed by atoms with Crippen LogP contribution in [0, 0.1) is 5.41 Å². The Morgan fingerprint density at radius 1 is 1.05 bits per heavy atom. The van der Waals surface area contributed by atoms with Gasteiger partial charge in [-0.15, -0.1) is 15.2 Å². The fourth-order valence-corrected chi connectivity index (χ4v) is 8.07. The standard InChI is InChI=1S/C40H45ClF2N8O5S/c1-38(2,3)21-40(26-12-9-22(10-13-26)25-18-44-50(19-25)34(42)43)33(52)51(35(47-40)46-37(54)56-39(4,5)6)30(20-55-36(53)45-27-14-15-27)24-11-16-29(41)28(17-24)32-49-48-31(57-32)23-7-8-23/h9-13,16-19,23,27,30,34H,7-8,14-15,20-21H2,1-6H3,(H,45,53)(H,46,47,54)/t30-,40-/m1/s1. The first-order valence-corrected chi connectivity index (χ1v) is 20.0. The molecule has 1 aliphatic heterocycles. The molecule has 3 aliphatic rings. The van der Waals surface area contributed by atoms with Crippen LogP contribution in [0.4, 0.5) is 18.4 Å². The number of hydrogen-bond donors (Lipinski definition) is 2. The number of ether oxygens (including phenoxy) is 2. The first kappa shape index (κ1) is 40.2. The summed E-state index contributed by atoms with van der Waals surface area (Å²) in [5.41, 5.74) is -0.183. The zero-order valence-corrected chi connectivity index (χ0v) is 34.1. The molecule has 1 saturated heterocycles. The van der Waals surface area contributed by atoms with Crippen LogP contribution in [0.5, 0.6) is 0 Å². The van der Waals surface area contributed by atoms with Gasteiger partial charge in [0.05, 0.1) is 17.3 Å². The lowest BCUT2D eigenvalue weighted by atomic mass is 9.75. The predicted molar refractivity (Wildman–Crippen MR) is 211 cm³/mol. The molecular weight excluding hydrogens is 778 g/mol. The fraction of sp³-hybridized carbons (Fsp3) is 0.475. The van der Waals surface area contributed by atoms with Crippen LogP contribution in [0.3, 0.4) is 0 Å². The van der Waals surface area contributed by atoms with Gasteiger partial charge >= 0.3 is 18.7 Å². The Bertz CT molecular complexity index is 2190. The molecule has 17 heteroatoms. The van der Waals surface area contributed by atoms with Gasteiger partial charge in [-0.2, -0.15) is 13.9 Å². The van der Waals surface area contributed by atoms with Crippen LogP contribution in [-0.2, 0) is 19.8 Å². The van der Waals surface area contributed by atoms with Crippen LogP contribution < -0.4 is 10.6 Å². The summed E-state index contributed by atoms with van der Waals surface area (Å²) < 4.78 is 38.7. The molecule has 2 aromatic carbocycles. The summed E-state index contributed by atoms with van der Waals surface area (Å²) in [5.74, 6) is -0.206. The third-order valence-electron chi connectivity index (χ3n) is 9.59. The molecule has 3 amide bonds. The number of nitrogens with one attached hydrogen (secondary N) is 2. The second-order valence-electron chi connectivity index (χ2n) is 16.9. The Balaban J connectivity index is 1.34. The highest BCUT2D eigenvalue weighted by Gasteiger charge is 2.55. The molecule has 0 spiro atoms. The number of carbonyl (C=O) groups excluding carboxylic acids is 3. The molecule has 3 heterocycles. The number of carbonyl (C=O) groups is 3. The van der Waals surface area contributed by atoms with Crippen LogP contribution in [0.15, 0.2) is 59.9 Å². The zero-order valence-electron chi connectivity index (χ0n) is 32.5. The summed E-state index contributed by atoms with van der Waals surface area (Å²) in [6, 6.07) is 11.1. The van der Waals surface area contributed by atoms with E-state index in [0.717, 1.165) is 30.7 Å². The van der Waals surface area contributed by atoms with Crippen LogP contribution in [-0.4, -0.2) is 67.2 Å². The molecule has 0 radical (unpaired) electrons. The molecule has 3 fully saturated rings. The van der Waals surface area contributed by atoms with Gasteiger partial charge in [-0.3, -0.25) is 9.69 Å². The number of nitrogens with zero attached hydrogens (tertiary/aromatic N) is 6. The minimum atomic E-state index is -2.80. The van der Waals surface area contributed by atoms with E-state index < -0.39 is 47.2 Å². The van der Waals surface area contributed by atoms with E-state index in [1.807, 2.05) is 20.8 Å². The average molecular weight is 823 g/mol. The summed E-state index contributed by atoms with van der Waals surface area (Å²) >= 11 is 8.23. The maximum atomic E-state index is 15.5. The molecule has 0 unspecified atom stereocenters. The van der Waals surface area contributed by atoms with Crippen molar-refractivity contribution in [2.75, 3.05) is 6.61 Å². The average Bonchev–Trinajstić information content (AvgIpc) is 4.01. The Labute approximate surface area is 338 Å². The van der Waals surface area contributed by atoms with Gasteiger partial charge in [0.2, 0.25) is 5.96 Å². The number of aliphatic imine (C=N–C) groups is 1. The van der Waals surface area contributed by atoms with Crippen molar-refractivity contribution in [2.45, 2.75) is 109 Å². The van der Waals surface area contributed by atoms with Gasteiger partial charge < -0.3 is 20.1 Å². The summed E-state index contributed by atoms with van der Waals surface area (Å²) in [6.45, 7) is 7.96. The number of hydrogen-bond acceptors (Lipinski definition) is 9. The molecule has 2 saturated carbocycles. The molecule has 2 atom stereocenters. The number of rotatable bonds is 11. The van der Waals surface area contributed by atoms with Gasteiger partial charge in [0.15, 0.2) is 0 Å². The van der Waals surface area contributed by atoms with Crippen molar-refractivity contribution in [1.82, 2.24) is 35.5 Å². The number of benzene rings is 2. The van der Waals surface area contributed by atoms with Gasteiger partial charge in [-0.05, 0) is 87.1 Å². The minimum Gasteiger partial charge on any atom is -0.447 e. The van der Waals surface area contributed by atoms with Crippen LogP contribution in [0.2, 0.25) is 5.02 Å². The van der Waals surface area contributed by atoms with E-state index in [1.54, 1.807) is 63.2 Å². The SMILES string of the molecule is CC(C)(C)C[C@]1(c2ccc(-c3cnn(C(F)F)c3)cc2)N/C(=N\C(=O)OC(C)(C)C)N([C@H](COC(=O)NC2CC2)c2ccc(Cl)c(-c3nnc(C4CC4)s3)c2)C1=O. The summed E-state index contributed by atoms with van der Waals surface area (Å²) in [4.78, 5) is 47.7. The summed E-state index contributed by atoms with van der Waals surface area (Å²) in [5, 5.41) is 20.7. The highest BCUT2D eigenvalue weighted by molar-refractivity contribution is 7.14. The second kappa shape index (κ2) is 15.4. The summed E-state index contributed by atoms with van der Waals surface area (Å²) in [7, 11) is 0. The lowest BCUT2D eigenvalue weighted by molar-refractivity contribution is -0.134. The number of alkyl carbamates (subject to hydrolysis) is 1. The Morgan fingerprint density at radius 2 is 1.77 bits per heavy atom. The highest BCUT2D eigenvalue weighted by atomic mass is 35.5. The van der Waals surface area contributed by atoms with E-state index in [2.05, 4.69) is 30.9 Å². The number of halogens is 3. The van der Waals surface area contributed by atoms with E-state index in [9.17, 15) is 18.4 Å². The van der Waals surface area contributed by atoms with E-state index >= 15 is 4.79 Å². The molecule has 57 heavy (non-hydrogen) atoms.